The summed E-state index contributed by atoms with van der Waals surface area (Å²) in [4.78, 5) is 13.0. The van der Waals surface area contributed by atoms with Crippen LogP contribution >= 0.6 is 0 Å². The molecule has 1 N–H and O–H groups in total. The van der Waals surface area contributed by atoms with E-state index in [1.807, 2.05) is 54.6 Å². The number of rotatable bonds is 8. The van der Waals surface area contributed by atoms with Crippen molar-refractivity contribution in [2.45, 2.75) is 24.3 Å². The van der Waals surface area contributed by atoms with Crippen molar-refractivity contribution in [1.29, 1.82) is 0 Å². The predicted molar refractivity (Wildman–Crippen MR) is 130 cm³/mol. The summed E-state index contributed by atoms with van der Waals surface area (Å²) >= 11 is 0. The smallest absolute Gasteiger partial charge is 0.243 e. The van der Waals surface area contributed by atoms with E-state index in [1.165, 1.54) is 11.4 Å². The van der Waals surface area contributed by atoms with Gasteiger partial charge in [-0.1, -0.05) is 30.3 Å². The molecule has 34 heavy (non-hydrogen) atoms. The van der Waals surface area contributed by atoms with Crippen molar-refractivity contribution >= 4 is 21.6 Å². The molecule has 1 aliphatic rings. The van der Waals surface area contributed by atoms with Crippen LogP contribution in [0.5, 0.6) is 11.5 Å². The van der Waals surface area contributed by atoms with Gasteiger partial charge in [0, 0.05) is 24.7 Å². The Bertz CT molecular complexity index is 1190. The molecule has 178 valence electrons. The fourth-order valence-electron chi connectivity index (χ4n) is 3.87. The van der Waals surface area contributed by atoms with Crippen LogP contribution in [0.3, 0.4) is 0 Å². The molecule has 0 atom stereocenters. The van der Waals surface area contributed by atoms with Crippen molar-refractivity contribution in [3.05, 3.63) is 84.4 Å². The van der Waals surface area contributed by atoms with E-state index in [1.54, 1.807) is 24.3 Å². The molecular weight excluding hydrogens is 452 g/mol. The molecule has 1 aliphatic heterocycles. The highest BCUT2D eigenvalue weighted by molar-refractivity contribution is 7.89. The summed E-state index contributed by atoms with van der Waals surface area (Å²) in [6.45, 7) is 1.09. The molecule has 0 bridgehead atoms. The SMILES string of the molecule is COc1ccc(S(=O)(=O)N2CCC(C(=O)Nc3ccc(OCc4ccccc4)cc3)CC2)cc1. The third-order valence-corrected chi connectivity index (χ3v) is 7.80. The number of benzene rings is 3. The number of anilines is 1. The monoisotopic (exact) mass is 480 g/mol. The normalized spacial score (nSPS) is 15.0. The highest BCUT2D eigenvalue weighted by atomic mass is 32.2. The number of hydrogen-bond donors (Lipinski definition) is 1. The number of carbonyl (C=O) groups is 1. The predicted octanol–water partition coefficient (Wildman–Crippen LogP) is 4.31. The lowest BCUT2D eigenvalue weighted by Crippen LogP contribution is -2.41. The van der Waals surface area contributed by atoms with Crippen LogP contribution in [0.15, 0.2) is 83.8 Å². The summed E-state index contributed by atoms with van der Waals surface area (Å²) in [5, 5.41) is 2.93. The molecule has 3 aromatic carbocycles. The van der Waals surface area contributed by atoms with E-state index in [9.17, 15) is 13.2 Å². The molecule has 0 aromatic heterocycles. The molecular formula is C26H28N2O5S. The van der Waals surface area contributed by atoms with Crippen LogP contribution in [-0.4, -0.2) is 38.8 Å². The summed E-state index contributed by atoms with van der Waals surface area (Å²) in [6, 6.07) is 23.5. The van der Waals surface area contributed by atoms with E-state index in [0.717, 1.165) is 11.3 Å². The molecule has 0 radical (unpaired) electrons. The highest BCUT2D eigenvalue weighted by Gasteiger charge is 2.32. The molecule has 8 heteroatoms. The maximum Gasteiger partial charge on any atom is 0.243 e. The fraction of sp³-hybridized carbons (Fsp3) is 0.269. The maximum absolute atomic E-state index is 12.9. The average molecular weight is 481 g/mol. The van der Waals surface area contributed by atoms with Gasteiger partial charge in [-0.25, -0.2) is 8.42 Å². The molecule has 1 amide bonds. The van der Waals surface area contributed by atoms with Crippen LogP contribution in [0.4, 0.5) is 5.69 Å². The molecule has 0 aliphatic carbocycles. The molecule has 3 aromatic rings. The van der Waals surface area contributed by atoms with Gasteiger partial charge in [0.1, 0.15) is 18.1 Å². The number of methoxy groups -OCH3 is 1. The molecule has 1 fully saturated rings. The van der Waals surface area contributed by atoms with E-state index in [4.69, 9.17) is 9.47 Å². The van der Waals surface area contributed by atoms with E-state index < -0.39 is 10.0 Å². The number of ether oxygens (including phenoxy) is 2. The van der Waals surface area contributed by atoms with Gasteiger partial charge in [0.15, 0.2) is 0 Å². The van der Waals surface area contributed by atoms with E-state index >= 15 is 0 Å². The second-order valence-corrected chi connectivity index (χ2v) is 10.1. The Labute approximate surface area is 200 Å². The van der Waals surface area contributed by atoms with Crippen LogP contribution in [-0.2, 0) is 21.4 Å². The standard InChI is InChI=1S/C26H28N2O5S/c1-32-23-11-13-25(14-12-23)34(30,31)28-17-15-21(16-18-28)26(29)27-22-7-9-24(10-8-22)33-19-20-5-3-2-4-6-20/h2-14,21H,15-19H2,1H3,(H,27,29). The summed E-state index contributed by atoms with van der Waals surface area (Å²) in [6.07, 6.45) is 0.943. The summed E-state index contributed by atoms with van der Waals surface area (Å²) in [7, 11) is -2.06. The highest BCUT2D eigenvalue weighted by Crippen LogP contribution is 2.26. The Balaban J connectivity index is 1.27. The summed E-state index contributed by atoms with van der Waals surface area (Å²) in [5.74, 6) is 0.986. The van der Waals surface area contributed by atoms with Crippen molar-refractivity contribution < 1.29 is 22.7 Å². The maximum atomic E-state index is 12.9. The van der Waals surface area contributed by atoms with Gasteiger partial charge in [0.2, 0.25) is 15.9 Å². The van der Waals surface area contributed by atoms with Crippen molar-refractivity contribution in [3.63, 3.8) is 0 Å². The van der Waals surface area contributed by atoms with Crippen molar-refractivity contribution in [2.24, 2.45) is 5.92 Å². The largest absolute Gasteiger partial charge is 0.497 e. The van der Waals surface area contributed by atoms with Crippen LogP contribution in [0.25, 0.3) is 0 Å². The molecule has 7 nitrogen and oxygen atoms in total. The van der Waals surface area contributed by atoms with Gasteiger partial charge in [0.25, 0.3) is 0 Å². The minimum Gasteiger partial charge on any atom is -0.497 e. The number of amides is 1. The van der Waals surface area contributed by atoms with Crippen molar-refractivity contribution in [3.8, 4) is 11.5 Å². The van der Waals surface area contributed by atoms with Gasteiger partial charge in [-0.2, -0.15) is 4.31 Å². The summed E-state index contributed by atoms with van der Waals surface area (Å²) in [5.41, 5.74) is 1.77. The van der Waals surface area contributed by atoms with Gasteiger partial charge < -0.3 is 14.8 Å². The number of nitrogens with one attached hydrogen (secondary N) is 1. The number of carbonyl (C=O) groups excluding carboxylic acids is 1. The minimum atomic E-state index is -3.59. The molecule has 0 unspecified atom stereocenters. The first-order valence-corrected chi connectivity index (χ1v) is 12.6. The number of nitrogens with zero attached hydrogens (tertiary/aromatic N) is 1. The third-order valence-electron chi connectivity index (χ3n) is 5.89. The topological polar surface area (TPSA) is 84.9 Å². The first kappa shape index (κ1) is 23.8. The zero-order valence-corrected chi connectivity index (χ0v) is 19.8. The number of sulfonamides is 1. The second-order valence-electron chi connectivity index (χ2n) is 8.14. The molecule has 0 saturated carbocycles. The van der Waals surface area contributed by atoms with Gasteiger partial charge >= 0.3 is 0 Å². The summed E-state index contributed by atoms with van der Waals surface area (Å²) < 4.78 is 38.1. The van der Waals surface area contributed by atoms with Crippen LogP contribution in [0.1, 0.15) is 18.4 Å². The third kappa shape index (κ3) is 5.76. The number of hydrogen-bond acceptors (Lipinski definition) is 5. The first-order valence-electron chi connectivity index (χ1n) is 11.2. The van der Waals surface area contributed by atoms with E-state index in [2.05, 4.69) is 5.32 Å². The van der Waals surface area contributed by atoms with Crippen molar-refractivity contribution in [1.82, 2.24) is 4.31 Å². The Hall–Kier alpha value is -3.36. The molecule has 1 heterocycles. The van der Waals surface area contributed by atoms with E-state index in [0.29, 0.717) is 44.0 Å². The van der Waals surface area contributed by atoms with Gasteiger partial charge in [0.05, 0.1) is 12.0 Å². The molecule has 4 rings (SSSR count). The lowest BCUT2D eigenvalue weighted by Gasteiger charge is -2.30. The quantitative estimate of drug-likeness (QED) is 0.519. The second kappa shape index (κ2) is 10.7. The van der Waals surface area contributed by atoms with Gasteiger partial charge in [-0.3, -0.25) is 4.79 Å². The van der Waals surface area contributed by atoms with Gasteiger partial charge in [-0.05, 0) is 66.9 Å². The van der Waals surface area contributed by atoms with Crippen LogP contribution < -0.4 is 14.8 Å². The molecule has 1 saturated heterocycles. The van der Waals surface area contributed by atoms with Gasteiger partial charge in [-0.15, -0.1) is 0 Å². The Morgan fingerprint density at radius 2 is 1.53 bits per heavy atom. The van der Waals surface area contributed by atoms with Crippen LogP contribution in [0, 0.1) is 5.92 Å². The first-order chi connectivity index (χ1) is 16.5. The Morgan fingerprint density at radius 3 is 2.15 bits per heavy atom. The zero-order chi connectivity index (χ0) is 24.0. The lowest BCUT2D eigenvalue weighted by molar-refractivity contribution is -0.120. The van der Waals surface area contributed by atoms with E-state index in [-0.39, 0.29) is 16.7 Å². The Morgan fingerprint density at radius 1 is 0.912 bits per heavy atom. The number of piperidine rings is 1. The Kier molecular flexibility index (Phi) is 7.49. The molecule has 0 spiro atoms. The van der Waals surface area contributed by atoms with Crippen LogP contribution in [0.2, 0.25) is 0 Å². The van der Waals surface area contributed by atoms with Crippen molar-refractivity contribution in [2.75, 3.05) is 25.5 Å². The lowest BCUT2D eigenvalue weighted by atomic mass is 9.97. The average Bonchev–Trinajstić information content (AvgIpc) is 2.89. The zero-order valence-electron chi connectivity index (χ0n) is 19.0. The minimum absolute atomic E-state index is 0.0977. The fourth-order valence-corrected chi connectivity index (χ4v) is 5.34.